The van der Waals surface area contributed by atoms with Gasteiger partial charge in [0, 0.05) is 11.6 Å². The molecule has 112 valence electrons. The second-order valence-corrected chi connectivity index (χ2v) is 7.59. The van der Waals surface area contributed by atoms with E-state index < -0.39 is 10.0 Å². The van der Waals surface area contributed by atoms with Crippen molar-refractivity contribution in [3.8, 4) is 0 Å². The Labute approximate surface area is 126 Å². The van der Waals surface area contributed by atoms with Gasteiger partial charge in [0.1, 0.15) is 0 Å². The molecule has 0 spiro atoms. The number of nitrogens with one attached hydrogen (secondary N) is 1. The lowest BCUT2D eigenvalue weighted by Gasteiger charge is -2.28. The van der Waals surface area contributed by atoms with E-state index in [9.17, 15) is 8.42 Å². The van der Waals surface area contributed by atoms with Crippen LogP contribution in [0.3, 0.4) is 0 Å². The third kappa shape index (κ3) is 4.45. The van der Waals surface area contributed by atoms with Crippen molar-refractivity contribution >= 4 is 21.6 Å². The summed E-state index contributed by atoms with van der Waals surface area (Å²) >= 11 is 5.76. The summed E-state index contributed by atoms with van der Waals surface area (Å²) in [6.07, 6.45) is 3.21. The van der Waals surface area contributed by atoms with Gasteiger partial charge in [-0.1, -0.05) is 11.6 Å². The molecule has 0 amide bonds. The van der Waals surface area contributed by atoms with Crippen LogP contribution in [0, 0.1) is 5.92 Å². The molecule has 1 heterocycles. The normalized spacial score (nSPS) is 18.3. The molecule has 1 N–H and O–H groups in total. The number of piperidine rings is 1. The molecule has 0 radical (unpaired) electrons. The third-order valence-electron chi connectivity index (χ3n) is 3.81. The fraction of sp³-hybridized carbons (Fsp3) is 0.571. The molecule has 2 rings (SSSR count). The van der Waals surface area contributed by atoms with E-state index in [1.165, 1.54) is 12.1 Å². The number of hydrogen-bond donors (Lipinski definition) is 1. The number of halogens is 1. The fourth-order valence-electron chi connectivity index (χ4n) is 2.45. The van der Waals surface area contributed by atoms with Gasteiger partial charge in [-0.05, 0) is 69.6 Å². The van der Waals surface area contributed by atoms with Gasteiger partial charge >= 0.3 is 0 Å². The average Bonchev–Trinajstić information content (AvgIpc) is 2.41. The standard InChI is InChI=1S/C14H21ClN2O2S/c1-17-10-7-12(8-11-17)6-9-16-20(18,19)14-4-2-13(15)3-5-14/h2-5,12,16H,6-11H2,1H3. The van der Waals surface area contributed by atoms with E-state index in [-0.39, 0.29) is 4.90 Å². The van der Waals surface area contributed by atoms with Crippen molar-refractivity contribution in [2.24, 2.45) is 5.92 Å². The summed E-state index contributed by atoms with van der Waals surface area (Å²) in [5.74, 6) is 0.624. The molecule has 1 aromatic rings. The van der Waals surface area contributed by atoms with Gasteiger partial charge in [0.05, 0.1) is 4.90 Å². The zero-order valence-electron chi connectivity index (χ0n) is 11.7. The van der Waals surface area contributed by atoms with Crippen LogP contribution in [-0.2, 0) is 10.0 Å². The largest absolute Gasteiger partial charge is 0.306 e. The summed E-state index contributed by atoms with van der Waals surface area (Å²) in [6.45, 7) is 2.71. The van der Waals surface area contributed by atoms with Crippen molar-refractivity contribution < 1.29 is 8.42 Å². The Balaban J connectivity index is 1.82. The number of sulfonamides is 1. The van der Waals surface area contributed by atoms with E-state index >= 15 is 0 Å². The van der Waals surface area contributed by atoms with Crippen molar-refractivity contribution in [2.75, 3.05) is 26.7 Å². The Hall–Kier alpha value is -0.620. The molecular weight excluding hydrogens is 296 g/mol. The molecule has 0 atom stereocenters. The first-order chi connectivity index (χ1) is 9.47. The van der Waals surface area contributed by atoms with Crippen LogP contribution in [0.15, 0.2) is 29.2 Å². The second kappa shape index (κ2) is 6.89. The Bertz CT molecular complexity index is 523. The van der Waals surface area contributed by atoms with Gasteiger partial charge in [-0.15, -0.1) is 0 Å². The SMILES string of the molecule is CN1CCC(CCNS(=O)(=O)c2ccc(Cl)cc2)CC1. The zero-order valence-corrected chi connectivity index (χ0v) is 13.3. The smallest absolute Gasteiger partial charge is 0.240 e. The molecule has 0 saturated carbocycles. The van der Waals surface area contributed by atoms with Gasteiger partial charge in [0.2, 0.25) is 10.0 Å². The van der Waals surface area contributed by atoms with E-state index in [4.69, 9.17) is 11.6 Å². The van der Waals surface area contributed by atoms with Gasteiger partial charge in [0.15, 0.2) is 0 Å². The first kappa shape index (κ1) is 15.8. The molecule has 6 heteroatoms. The maximum Gasteiger partial charge on any atom is 0.240 e. The Morgan fingerprint density at radius 1 is 1.25 bits per heavy atom. The lowest BCUT2D eigenvalue weighted by Crippen LogP contribution is -2.32. The summed E-state index contributed by atoms with van der Waals surface area (Å²) < 4.78 is 26.8. The van der Waals surface area contributed by atoms with Gasteiger partial charge in [0.25, 0.3) is 0 Å². The minimum absolute atomic E-state index is 0.269. The zero-order chi connectivity index (χ0) is 14.6. The van der Waals surface area contributed by atoms with E-state index in [1.807, 2.05) is 0 Å². The first-order valence-electron chi connectivity index (χ1n) is 6.91. The van der Waals surface area contributed by atoms with Crippen molar-refractivity contribution in [2.45, 2.75) is 24.2 Å². The summed E-state index contributed by atoms with van der Waals surface area (Å²) in [7, 11) is -1.28. The molecular formula is C14H21ClN2O2S. The lowest BCUT2D eigenvalue weighted by atomic mass is 9.94. The summed E-state index contributed by atoms with van der Waals surface area (Å²) in [6, 6.07) is 6.24. The Morgan fingerprint density at radius 3 is 2.45 bits per heavy atom. The topological polar surface area (TPSA) is 49.4 Å². The van der Waals surface area contributed by atoms with Crippen LogP contribution in [0.5, 0.6) is 0 Å². The molecule has 1 fully saturated rings. The van der Waals surface area contributed by atoms with Gasteiger partial charge < -0.3 is 4.90 Å². The third-order valence-corrected chi connectivity index (χ3v) is 5.54. The van der Waals surface area contributed by atoms with Crippen LogP contribution in [0.1, 0.15) is 19.3 Å². The summed E-state index contributed by atoms with van der Waals surface area (Å²) in [5.41, 5.74) is 0. The van der Waals surface area contributed by atoms with Crippen LogP contribution in [0.2, 0.25) is 5.02 Å². The van der Waals surface area contributed by atoms with Crippen LogP contribution in [0.25, 0.3) is 0 Å². The van der Waals surface area contributed by atoms with E-state index in [2.05, 4.69) is 16.7 Å². The van der Waals surface area contributed by atoms with Gasteiger partial charge in [-0.2, -0.15) is 0 Å². The van der Waals surface area contributed by atoms with E-state index in [1.54, 1.807) is 12.1 Å². The predicted molar refractivity (Wildman–Crippen MR) is 81.5 cm³/mol. The Morgan fingerprint density at radius 2 is 1.85 bits per heavy atom. The number of rotatable bonds is 5. The molecule has 0 bridgehead atoms. The molecule has 1 saturated heterocycles. The molecule has 1 aliphatic rings. The van der Waals surface area contributed by atoms with Gasteiger partial charge in [-0.25, -0.2) is 13.1 Å². The minimum Gasteiger partial charge on any atom is -0.306 e. The summed E-state index contributed by atoms with van der Waals surface area (Å²) in [5, 5.41) is 0.537. The van der Waals surface area contributed by atoms with Crippen molar-refractivity contribution in [1.29, 1.82) is 0 Å². The average molecular weight is 317 g/mol. The van der Waals surface area contributed by atoms with Crippen LogP contribution >= 0.6 is 11.6 Å². The van der Waals surface area contributed by atoms with E-state index in [0.717, 1.165) is 32.4 Å². The minimum atomic E-state index is -3.41. The quantitative estimate of drug-likeness (QED) is 0.907. The maximum atomic E-state index is 12.1. The Kier molecular flexibility index (Phi) is 5.43. The molecule has 0 aromatic heterocycles. The molecule has 0 unspecified atom stereocenters. The molecule has 1 aromatic carbocycles. The predicted octanol–water partition coefficient (Wildman–Crippen LogP) is 2.35. The number of benzene rings is 1. The number of likely N-dealkylation sites (tertiary alicyclic amines) is 1. The first-order valence-corrected chi connectivity index (χ1v) is 8.77. The van der Waals surface area contributed by atoms with Gasteiger partial charge in [-0.3, -0.25) is 0 Å². The second-order valence-electron chi connectivity index (χ2n) is 5.39. The molecule has 1 aliphatic heterocycles. The van der Waals surface area contributed by atoms with Crippen molar-refractivity contribution in [1.82, 2.24) is 9.62 Å². The maximum absolute atomic E-state index is 12.1. The highest BCUT2D eigenvalue weighted by Gasteiger charge is 2.18. The molecule has 4 nitrogen and oxygen atoms in total. The fourth-order valence-corrected chi connectivity index (χ4v) is 3.62. The van der Waals surface area contributed by atoms with Crippen molar-refractivity contribution in [3.63, 3.8) is 0 Å². The van der Waals surface area contributed by atoms with E-state index in [0.29, 0.717) is 17.5 Å². The highest BCUT2D eigenvalue weighted by molar-refractivity contribution is 7.89. The monoisotopic (exact) mass is 316 g/mol. The summed E-state index contributed by atoms with van der Waals surface area (Å²) in [4.78, 5) is 2.58. The number of nitrogens with zero attached hydrogens (tertiary/aromatic N) is 1. The van der Waals surface area contributed by atoms with Crippen LogP contribution < -0.4 is 4.72 Å². The van der Waals surface area contributed by atoms with Crippen LogP contribution in [0.4, 0.5) is 0 Å². The van der Waals surface area contributed by atoms with Crippen molar-refractivity contribution in [3.05, 3.63) is 29.3 Å². The highest BCUT2D eigenvalue weighted by atomic mass is 35.5. The highest BCUT2D eigenvalue weighted by Crippen LogP contribution is 2.19. The van der Waals surface area contributed by atoms with Crippen LogP contribution in [-0.4, -0.2) is 40.0 Å². The lowest BCUT2D eigenvalue weighted by molar-refractivity contribution is 0.213. The number of hydrogen-bond acceptors (Lipinski definition) is 3. The molecule has 0 aliphatic carbocycles. The molecule has 20 heavy (non-hydrogen) atoms.